The predicted molar refractivity (Wildman–Crippen MR) is 102 cm³/mol. The quantitative estimate of drug-likeness (QED) is 0.689. The number of nitrogens with one attached hydrogen (secondary N) is 1. The van der Waals surface area contributed by atoms with E-state index in [1.807, 2.05) is 24.3 Å². The molecular formula is C19H20N2O4S. The summed E-state index contributed by atoms with van der Waals surface area (Å²) >= 11 is 1.52. The summed E-state index contributed by atoms with van der Waals surface area (Å²) in [4.78, 5) is 16.6. The van der Waals surface area contributed by atoms with E-state index in [0.29, 0.717) is 35.8 Å². The Balaban J connectivity index is 1.66. The molecule has 26 heavy (non-hydrogen) atoms. The van der Waals surface area contributed by atoms with Crippen LogP contribution in [-0.4, -0.2) is 38.8 Å². The van der Waals surface area contributed by atoms with Crippen LogP contribution in [0.1, 0.15) is 15.9 Å². The number of amides is 1. The maximum Gasteiger partial charge on any atom is 0.251 e. The van der Waals surface area contributed by atoms with Gasteiger partial charge < -0.3 is 19.5 Å². The lowest BCUT2D eigenvalue weighted by Gasteiger charge is -2.14. The molecule has 0 fully saturated rings. The third kappa shape index (κ3) is 3.72. The molecule has 1 aromatic heterocycles. The molecule has 7 heteroatoms. The van der Waals surface area contributed by atoms with Crippen molar-refractivity contribution in [3.8, 4) is 17.2 Å². The van der Waals surface area contributed by atoms with Crippen LogP contribution in [0.25, 0.3) is 10.2 Å². The van der Waals surface area contributed by atoms with E-state index in [0.717, 1.165) is 15.8 Å². The zero-order valence-corrected chi connectivity index (χ0v) is 15.7. The molecule has 2 aromatic carbocycles. The molecule has 0 atom stereocenters. The van der Waals surface area contributed by atoms with E-state index in [1.54, 1.807) is 32.9 Å². The molecule has 0 radical (unpaired) electrons. The molecule has 0 unspecified atom stereocenters. The van der Waals surface area contributed by atoms with Crippen LogP contribution in [0.4, 0.5) is 0 Å². The van der Waals surface area contributed by atoms with Gasteiger partial charge in [-0.1, -0.05) is 0 Å². The Labute approximate surface area is 155 Å². The maximum absolute atomic E-state index is 12.4. The molecule has 0 saturated heterocycles. The first-order valence-electron chi connectivity index (χ1n) is 8.06. The normalized spacial score (nSPS) is 10.6. The first-order chi connectivity index (χ1) is 12.7. The first-order valence-corrected chi connectivity index (χ1v) is 8.94. The van der Waals surface area contributed by atoms with Gasteiger partial charge in [-0.25, -0.2) is 4.98 Å². The van der Waals surface area contributed by atoms with Crippen LogP contribution in [0.2, 0.25) is 0 Å². The van der Waals surface area contributed by atoms with Crippen molar-refractivity contribution in [3.63, 3.8) is 0 Å². The molecule has 1 amide bonds. The molecule has 0 bridgehead atoms. The van der Waals surface area contributed by atoms with E-state index < -0.39 is 0 Å². The molecule has 0 aliphatic heterocycles. The SMILES string of the molecule is COc1cc(CCNC(=O)c2ccc3ncsc3c2)cc(OC)c1OC. The van der Waals surface area contributed by atoms with Crippen LogP contribution in [0.5, 0.6) is 17.2 Å². The number of benzene rings is 2. The fraction of sp³-hybridized carbons (Fsp3) is 0.263. The van der Waals surface area contributed by atoms with Crippen molar-refractivity contribution >= 4 is 27.5 Å². The Hall–Kier alpha value is -2.80. The molecule has 1 heterocycles. The highest BCUT2D eigenvalue weighted by Gasteiger charge is 2.13. The van der Waals surface area contributed by atoms with Crippen molar-refractivity contribution in [1.82, 2.24) is 10.3 Å². The summed E-state index contributed by atoms with van der Waals surface area (Å²) in [5, 5.41) is 2.94. The van der Waals surface area contributed by atoms with Gasteiger partial charge in [0, 0.05) is 12.1 Å². The fourth-order valence-corrected chi connectivity index (χ4v) is 3.41. The van der Waals surface area contributed by atoms with Gasteiger partial charge in [-0.3, -0.25) is 4.79 Å². The van der Waals surface area contributed by atoms with Crippen molar-refractivity contribution < 1.29 is 19.0 Å². The number of hydrogen-bond acceptors (Lipinski definition) is 6. The highest BCUT2D eigenvalue weighted by atomic mass is 32.1. The maximum atomic E-state index is 12.4. The zero-order valence-electron chi connectivity index (χ0n) is 14.9. The average molecular weight is 372 g/mol. The summed E-state index contributed by atoms with van der Waals surface area (Å²) in [6.07, 6.45) is 0.644. The lowest BCUT2D eigenvalue weighted by atomic mass is 10.1. The lowest BCUT2D eigenvalue weighted by molar-refractivity contribution is 0.0954. The summed E-state index contributed by atoms with van der Waals surface area (Å²) in [7, 11) is 4.73. The molecule has 3 rings (SSSR count). The van der Waals surface area contributed by atoms with E-state index in [2.05, 4.69) is 10.3 Å². The Bertz CT molecular complexity index is 898. The van der Waals surface area contributed by atoms with Gasteiger partial charge in [-0.05, 0) is 42.3 Å². The smallest absolute Gasteiger partial charge is 0.251 e. The van der Waals surface area contributed by atoms with Crippen LogP contribution in [-0.2, 0) is 6.42 Å². The van der Waals surface area contributed by atoms with Crippen molar-refractivity contribution in [2.45, 2.75) is 6.42 Å². The monoisotopic (exact) mass is 372 g/mol. The third-order valence-corrected chi connectivity index (χ3v) is 4.81. The summed E-state index contributed by atoms with van der Waals surface area (Å²) in [6, 6.07) is 9.28. The van der Waals surface area contributed by atoms with Crippen LogP contribution in [0, 0.1) is 0 Å². The number of rotatable bonds is 7. The van der Waals surface area contributed by atoms with Crippen molar-refractivity contribution in [1.29, 1.82) is 0 Å². The van der Waals surface area contributed by atoms with Crippen LogP contribution in [0.3, 0.4) is 0 Å². The number of nitrogens with zero attached hydrogens (tertiary/aromatic N) is 1. The number of methoxy groups -OCH3 is 3. The fourth-order valence-electron chi connectivity index (χ4n) is 2.70. The number of ether oxygens (including phenoxy) is 3. The van der Waals surface area contributed by atoms with Crippen LogP contribution >= 0.6 is 11.3 Å². The molecule has 3 aromatic rings. The number of thiazole rings is 1. The minimum absolute atomic E-state index is 0.104. The summed E-state index contributed by atoms with van der Waals surface area (Å²) in [6.45, 7) is 0.498. The van der Waals surface area contributed by atoms with Crippen molar-refractivity contribution in [2.75, 3.05) is 27.9 Å². The second-order valence-electron chi connectivity index (χ2n) is 5.57. The van der Waals surface area contributed by atoms with E-state index in [-0.39, 0.29) is 5.91 Å². The molecule has 6 nitrogen and oxygen atoms in total. The minimum atomic E-state index is -0.104. The van der Waals surface area contributed by atoms with E-state index >= 15 is 0 Å². The minimum Gasteiger partial charge on any atom is -0.493 e. The largest absolute Gasteiger partial charge is 0.493 e. The van der Waals surface area contributed by atoms with Gasteiger partial charge in [0.2, 0.25) is 5.75 Å². The summed E-state index contributed by atoms with van der Waals surface area (Å²) in [5.41, 5.74) is 4.30. The van der Waals surface area contributed by atoms with Gasteiger partial charge in [-0.2, -0.15) is 0 Å². The van der Waals surface area contributed by atoms with Crippen molar-refractivity contribution in [2.24, 2.45) is 0 Å². The zero-order chi connectivity index (χ0) is 18.5. The standard InChI is InChI=1S/C19H20N2O4S/c1-23-15-8-12(9-16(24-2)18(15)25-3)6-7-20-19(22)13-4-5-14-17(10-13)26-11-21-14/h4-5,8-11H,6-7H2,1-3H3,(H,20,22). The first kappa shape index (κ1) is 18.0. The Morgan fingerprint density at radius 2 is 1.81 bits per heavy atom. The molecular weight excluding hydrogens is 352 g/mol. The van der Waals surface area contributed by atoms with Crippen LogP contribution < -0.4 is 19.5 Å². The Morgan fingerprint density at radius 1 is 1.08 bits per heavy atom. The van der Waals surface area contributed by atoms with Gasteiger partial charge in [0.1, 0.15) is 0 Å². The van der Waals surface area contributed by atoms with Gasteiger partial charge in [-0.15, -0.1) is 11.3 Å². The molecule has 0 aliphatic rings. The van der Waals surface area contributed by atoms with Gasteiger partial charge in [0.15, 0.2) is 11.5 Å². The molecule has 0 aliphatic carbocycles. The second-order valence-corrected chi connectivity index (χ2v) is 6.46. The molecule has 1 N–H and O–H groups in total. The van der Waals surface area contributed by atoms with E-state index in [9.17, 15) is 4.79 Å². The number of fused-ring (bicyclic) bond motifs is 1. The summed E-state index contributed by atoms with van der Waals surface area (Å²) < 4.78 is 17.0. The van der Waals surface area contributed by atoms with Crippen molar-refractivity contribution in [3.05, 3.63) is 47.0 Å². The number of carbonyl (C=O) groups is 1. The molecule has 136 valence electrons. The van der Waals surface area contributed by atoms with Gasteiger partial charge in [0.05, 0.1) is 37.1 Å². The van der Waals surface area contributed by atoms with Crippen LogP contribution in [0.15, 0.2) is 35.8 Å². The summed E-state index contributed by atoms with van der Waals surface area (Å²) in [5.74, 6) is 1.65. The third-order valence-electron chi connectivity index (χ3n) is 4.02. The number of aromatic nitrogens is 1. The Morgan fingerprint density at radius 3 is 2.46 bits per heavy atom. The van der Waals surface area contributed by atoms with Gasteiger partial charge in [0.25, 0.3) is 5.91 Å². The molecule has 0 spiro atoms. The number of carbonyl (C=O) groups excluding carboxylic acids is 1. The lowest BCUT2D eigenvalue weighted by Crippen LogP contribution is -2.25. The topological polar surface area (TPSA) is 69.7 Å². The second kappa shape index (κ2) is 8.05. The Kier molecular flexibility index (Phi) is 5.58. The highest BCUT2D eigenvalue weighted by molar-refractivity contribution is 7.16. The predicted octanol–water partition coefficient (Wildman–Crippen LogP) is 3.29. The van der Waals surface area contributed by atoms with Gasteiger partial charge >= 0.3 is 0 Å². The van der Waals surface area contributed by atoms with E-state index in [1.165, 1.54) is 11.3 Å². The van der Waals surface area contributed by atoms with E-state index in [4.69, 9.17) is 14.2 Å². The highest BCUT2D eigenvalue weighted by Crippen LogP contribution is 2.38. The average Bonchev–Trinajstić information content (AvgIpc) is 3.14. The number of hydrogen-bond donors (Lipinski definition) is 1. The molecule has 0 saturated carbocycles.